The lowest BCUT2D eigenvalue weighted by atomic mass is 9.98. The second kappa shape index (κ2) is 22.8. The molecule has 1 aliphatic heterocycles. The summed E-state index contributed by atoms with van der Waals surface area (Å²) in [5.74, 6) is 3.02. The molecule has 0 aromatic rings. The summed E-state index contributed by atoms with van der Waals surface area (Å²) in [5.41, 5.74) is 3.08. The molecule has 0 radical (unpaired) electrons. The van der Waals surface area contributed by atoms with Gasteiger partial charge in [-0.1, -0.05) is 57.9 Å². The zero-order chi connectivity index (χ0) is 32.8. The lowest BCUT2D eigenvalue weighted by Gasteiger charge is -2.24. The molecular formula is C31H58F6O4Si2. The van der Waals surface area contributed by atoms with Crippen LogP contribution in [0.1, 0.15) is 90.4 Å². The smallest absolute Gasteiger partial charge is 0.388 e. The molecule has 0 aromatic heterocycles. The van der Waals surface area contributed by atoms with Crippen LogP contribution in [0.15, 0.2) is 0 Å². The largest absolute Gasteiger partial charge is 0.397 e. The number of ether oxygens (including phenoxy) is 3. The highest BCUT2D eigenvalue weighted by molar-refractivity contribution is 6.85. The van der Waals surface area contributed by atoms with Gasteiger partial charge in [0.05, 0.1) is 12.7 Å². The van der Waals surface area contributed by atoms with E-state index in [0.717, 1.165) is 57.6 Å². The average molecular weight is 665 g/mol. The Labute approximate surface area is 259 Å². The molecule has 256 valence electrons. The van der Waals surface area contributed by atoms with Crippen molar-refractivity contribution < 1.29 is 45.7 Å². The Hall–Kier alpha value is -0.586. The van der Waals surface area contributed by atoms with Crippen LogP contribution in [0.2, 0.25) is 44.3 Å². The number of halogens is 6. The van der Waals surface area contributed by atoms with Gasteiger partial charge in [0, 0.05) is 47.2 Å². The lowest BCUT2D eigenvalue weighted by Crippen LogP contribution is -2.27. The molecule has 1 N–H and O–H groups in total. The first-order valence-corrected chi connectivity index (χ1v) is 22.7. The van der Waals surface area contributed by atoms with Crippen LogP contribution in [0.25, 0.3) is 0 Å². The molecule has 1 saturated carbocycles. The van der Waals surface area contributed by atoms with Crippen molar-refractivity contribution in [2.24, 2.45) is 0 Å². The lowest BCUT2D eigenvalue weighted by molar-refractivity contribution is -0.162. The van der Waals surface area contributed by atoms with Crippen LogP contribution in [0, 0.1) is 11.5 Å². The first-order chi connectivity index (χ1) is 20.0. The van der Waals surface area contributed by atoms with E-state index in [9.17, 15) is 26.3 Å². The Morgan fingerprint density at radius 3 is 1.91 bits per heavy atom. The van der Waals surface area contributed by atoms with E-state index < -0.39 is 41.3 Å². The standard InChI is InChI=1S/C15H25F3OSi.C14H27F3O2Si.C2H6O/c1-20(2,13-10-15(16,17)18)12-7-6-11-19-14-8-4-3-5-9-14;1-20(2,12-8-14(15,16)17)11-6-5-10-19-13-7-3-4-9-18-13;1-2-3/h14H,3-6,8-11,13H2,1-2H3;13H,3-12H2,1-2H3;3H,2H2,1H3. The van der Waals surface area contributed by atoms with E-state index in [1.54, 1.807) is 6.92 Å². The third-order valence-corrected chi connectivity index (χ3v) is 13.0. The molecule has 1 atom stereocenters. The number of aliphatic hydroxyl groups is 1. The zero-order valence-corrected chi connectivity index (χ0v) is 29.2. The molecule has 1 aliphatic carbocycles. The maximum atomic E-state index is 12.2. The molecule has 1 saturated heterocycles. The van der Waals surface area contributed by atoms with Crippen molar-refractivity contribution in [3.8, 4) is 11.5 Å². The summed E-state index contributed by atoms with van der Waals surface area (Å²) in [5, 5.41) is 7.57. The summed E-state index contributed by atoms with van der Waals surface area (Å²) in [4.78, 5) is 0. The van der Waals surface area contributed by atoms with Crippen molar-refractivity contribution in [3.05, 3.63) is 0 Å². The van der Waals surface area contributed by atoms with E-state index in [2.05, 4.69) is 11.5 Å². The molecule has 1 heterocycles. The fourth-order valence-electron chi connectivity index (χ4n) is 4.70. The Morgan fingerprint density at radius 1 is 0.767 bits per heavy atom. The van der Waals surface area contributed by atoms with E-state index in [-0.39, 0.29) is 18.9 Å². The third kappa shape index (κ3) is 28.6. The van der Waals surface area contributed by atoms with Gasteiger partial charge in [0.25, 0.3) is 0 Å². The molecule has 43 heavy (non-hydrogen) atoms. The number of hydrogen-bond acceptors (Lipinski definition) is 4. The van der Waals surface area contributed by atoms with Gasteiger partial charge in [0.2, 0.25) is 0 Å². The summed E-state index contributed by atoms with van der Waals surface area (Å²) in [6.45, 7) is 11.9. The fourth-order valence-corrected chi connectivity index (χ4v) is 8.75. The SMILES string of the molecule is CCO.C[Si](C)(C#CCCOC1CCCCC1)CCC(F)(F)F.C[Si](C)(CCCCOC1CCCCO1)CCC(F)(F)F. The topological polar surface area (TPSA) is 47.9 Å². The number of aliphatic hydroxyl groups excluding tert-OH is 1. The van der Waals surface area contributed by atoms with Gasteiger partial charge in [-0.15, -0.1) is 11.5 Å². The average Bonchev–Trinajstić information content (AvgIpc) is 2.92. The maximum Gasteiger partial charge on any atom is 0.388 e. The van der Waals surface area contributed by atoms with Crippen LogP contribution in [0.4, 0.5) is 26.3 Å². The van der Waals surface area contributed by atoms with Gasteiger partial charge in [0.15, 0.2) is 6.29 Å². The molecule has 12 heteroatoms. The van der Waals surface area contributed by atoms with Crippen molar-refractivity contribution in [1.82, 2.24) is 0 Å². The zero-order valence-electron chi connectivity index (χ0n) is 27.2. The summed E-state index contributed by atoms with van der Waals surface area (Å²) >= 11 is 0. The fraction of sp³-hybridized carbons (Fsp3) is 0.935. The molecule has 2 fully saturated rings. The Kier molecular flexibility index (Phi) is 22.5. The van der Waals surface area contributed by atoms with Crippen molar-refractivity contribution in [2.45, 2.75) is 159 Å². The van der Waals surface area contributed by atoms with Crippen LogP contribution in [0.3, 0.4) is 0 Å². The highest BCUT2D eigenvalue weighted by atomic mass is 28.3. The van der Waals surface area contributed by atoms with Gasteiger partial charge < -0.3 is 19.3 Å². The Bertz CT molecular complexity index is 739. The summed E-state index contributed by atoms with van der Waals surface area (Å²) in [6.07, 6.45) is 2.73. The van der Waals surface area contributed by atoms with Crippen molar-refractivity contribution in [3.63, 3.8) is 0 Å². The summed E-state index contributed by atoms with van der Waals surface area (Å²) < 4.78 is 90.1. The van der Waals surface area contributed by atoms with E-state index in [1.165, 1.54) is 19.3 Å². The van der Waals surface area contributed by atoms with E-state index >= 15 is 0 Å². The minimum atomic E-state index is -4.06. The molecular weight excluding hydrogens is 606 g/mol. The van der Waals surface area contributed by atoms with Gasteiger partial charge >= 0.3 is 12.4 Å². The van der Waals surface area contributed by atoms with Gasteiger partial charge in [-0.2, -0.15) is 26.3 Å². The van der Waals surface area contributed by atoms with E-state index in [1.807, 2.05) is 26.2 Å². The van der Waals surface area contributed by atoms with E-state index in [4.69, 9.17) is 19.3 Å². The summed E-state index contributed by atoms with van der Waals surface area (Å²) in [6, 6.07) is 1.47. The number of hydrogen-bond donors (Lipinski definition) is 1. The molecule has 0 aromatic carbocycles. The molecule has 0 bridgehead atoms. The van der Waals surface area contributed by atoms with Crippen LogP contribution in [-0.2, 0) is 14.2 Å². The predicted octanol–water partition coefficient (Wildman–Crippen LogP) is 9.90. The highest BCUT2D eigenvalue weighted by Gasteiger charge is 2.32. The Balaban J connectivity index is 0.000000751. The molecule has 4 nitrogen and oxygen atoms in total. The molecule has 0 amide bonds. The maximum absolute atomic E-state index is 12.2. The van der Waals surface area contributed by atoms with Gasteiger partial charge in [-0.3, -0.25) is 0 Å². The van der Waals surface area contributed by atoms with E-state index in [0.29, 0.717) is 31.8 Å². The van der Waals surface area contributed by atoms with Crippen molar-refractivity contribution in [1.29, 1.82) is 0 Å². The molecule has 2 rings (SSSR count). The molecule has 2 aliphatic rings. The predicted molar refractivity (Wildman–Crippen MR) is 167 cm³/mol. The second-order valence-corrected chi connectivity index (χ2v) is 22.7. The first kappa shape index (κ1) is 42.4. The van der Waals surface area contributed by atoms with Crippen LogP contribution in [0.5, 0.6) is 0 Å². The highest BCUT2D eigenvalue weighted by Crippen LogP contribution is 2.29. The minimum absolute atomic E-state index is 0.0563. The van der Waals surface area contributed by atoms with Crippen molar-refractivity contribution in [2.75, 3.05) is 26.4 Å². The third-order valence-electron chi connectivity index (χ3n) is 7.37. The monoisotopic (exact) mass is 664 g/mol. The van der Waals surface area contributed by atoms with Gasteiger partial charge in [-0.05, 0) is 57.5 Å². The van der Waals surface area contributed by atoms with Crippen LogP contribution in [-0.4, -0.2) is 72.4 Å². The Morgan fingerprint density at radius 2 is 1.35 bits per heavy atom. The quantitative estimate of drug-likeness (QED) is 0.0922. The normalized spacial score (nSPS) is 18.5. The molecule has 1 unspecified atom stereocenters. The number of alkyl halides is 6. The minimum Gasteiger partial charge on any atom is -0.397 e. The van der Waals surface area contributed by atoms with Gasteiger partial charge in [-0.25, -0.2) is 0 Å². The van der Waals surface area contributed by atoms with Crippen LogP contribution < -0.4 is 0 Å². The number of unbranched alkanes of at least 4 members (excludes halogenated alkanes) is 1. The van der Waals surface area contributed by atoms with Crippen LogP contribution >= 0.6 is 0 Å². The first-order valence-electron chi connectivity index (χ1n) is 16.1. The van der Waals surface area contributed by atoms with Crippen molar-refractivity contribution >= 4 is 16.1 Å². The summed E-state index contributed by atoms with van der Waals surface area (Å²) in [7, 11) is -3.75. The second-order valence-electron chi connectivity index (χ2n) is 12.9. The molecule has 0 spiro atoms. The van der Waals surface area contributed by atoms with Gasteiger partial charge in [0.1, 0.15) is 8.07 Å². The number of rotatable bonds is 13.